The fourth-order valence-corrected chi connectivity index (χ4v) is 2.22. The van der Waals surface area contributed by atoms with Crippen LogP contribution in [0.1, 0.15) is 0 Å². The monoisotopic (exact) mass is 356 g/mol. The maximum Gasteiger partial charge on any atom is 0.343 e. The molecule has 0 bridgehead atoms. The van der Waals surface area contributed by atoms with Gasteiger partial charge in [0.15, 0.2) is 6.61 Å². The molecule has 1 heterocycles. The van der Waals surface area contributed by atoms with Crippen LogP contribution in [0.4, 0.5) is 0 Å². The molecular formula is C19H16O7. The lowest BCUT2D eigenvalue weighted by atomic mass is 10.2. The predicted molar refractivity (Wildman–Crippen MR) is 93.1 cm³/mol. The number of hydrogen-bond donors (Lipinski definition) is 0. The number of hydrogen-bond acceptors (Lipinski definition) is 7. The van der Waals surface area contributed by atoms with E-state index in [1.54, 1.807) is 43.5 Å². The van der Waals surface area contributed by atoms with Crippen LogP contribution in [-0.2, 0) is 9.53 Å². The lowest BCUT2D eigenvalue weighted by Gasteiger charge is -2.08. The van der Waals surface area contributed by atoms with Crippen molar-refractivity contribution in [1.29, 1.82) is 0 Å². The van der Waals surface area contributed by atoms with Gasteiger partial charge >= 0.3 is 5.97 Å². The Morgan fingerprint density at radius 1 is 1.00 bits per heavy atom. The highest BCUT2D eigenvalue weighted by molar-refractivity contribution is 5.79. The number of fused-ring (bicyclic) bond motifs is 1. The van der Waals surface area contributed by atoms with Gasteiger partial charge in [-0.25, -0.2) is 4.79 Å². The van der Waals surface area contributed by atoms with E-state index in [0.717, 1.165) is 0 Å². The number of esters is 1. The summed E-state index contributed by atoms with van der Waals surface area (Å²) in [5.41, 5.74) is 0.000956. The molecule has 2 aromatic carbocycles. The van der Waals surface area contributed by atoms with Gasteiger partial charge in [0.25, 0.3) is 0 Å². The quantitative estimate of drug-likeness (QED) is 0.627. The van der Waals surface area contributed by atoms with Crippen molar-refractivity contribution in [2.45, 2.75) is 0 Å². The predicted octanol–water partition coefficient (Wildman–Crippen LogP) is 3.15. The molecule has 7 nitrogen and oxygen atoms in total. The average molecular weight is 356 g/mol. The van der Waals surface area contributed by atoms with Gasteiger partial charge in [-0.3, -0.25) is 4.79 Å². The summed E-state index contributed by atoms with van der Waals surface area (Å²) >= 11 is 0. The maximum absolute atomic E-state index is 12.6. The Bertz CT molecular complexity index is 973. The van der Waals surface area contributed by atoms with Crippen LogP contribution in [0.25, 0.3) is 11.0 Å². The zero-order chi connectivity index (χ0) is 18.5. The molecule has 0 radical (unpaired) electrons. The van der Waals surface area contributed by atoms with Crippen molar-refractivity contribution in [3.63, 3.8) is 0 Å². The number of methoxy groups -OCH3 is 2. The highest BCUT2D eigenvalue weighted by Crippen LogP contribution is 2.25. The zero-order valence-electron chi connectivity index (χ0n) is 14.2. The second kappa shape index (κ2) is 7.60. The van der Waals surface area contributed by atoms with E-state index < -0.39 is 5.97 Å². The molecule has 0 amide bonds. The Hall–Kier alpha value is -3.48. The summed E-state index contributed by atoms with van der Waals surface area (Å²) in [6, 6.07) is 11.5. The molecule has 0 saturated heterocycles. The number of carbonyl (C=O) groups is 1. The van der Waals surface area contributed by atoms with Crippen LogP contribution in [0.5, 0.6) is 23.0 Å². The van der Waals surface area contributed by atoms with Crippen LogP contribution in [-0.4, -0.2) is 26.8 Å². The second-order valence-corrected chi connectivity index (χ2v) is 5.23. The van der Waals surface area contributed by atoms with Crippen molar-refractivity contribution in [1.82, 2.24) is 0 Å². The normalized spacial score (nSPS) is 10.4. The van der Waals surface area contributed by atoms with Gasteiger partial charge in [-0.2, -0.15) is 0 Å². The minimum atomic E-state index is -0.505. The van der Waals surface area contributed by atoms with Crippen molar-refractivity contribution >= 4 is 16.9 Å². The molecule has 3 aromatic rings. The fourth-order valence-electron chi connectivity index (χ4n) is 2.22. The molecule has 7 heteroatoms. The van der Waals surface area contributed by atoms with Gasteiger partial charge < -0.3 is 23.4 Å². The molecular weight excluding hydrogens is 340 g/mol. The van der Waals surface area contributed by atoms with Gasteiger partial charge in [0.1, 0.15) is 29.1 Å². The molecule has 0 atom stereocenters. The van der Waals surface area contributed by atoms with Crippen LogP contribution in [0, 0.1) is 0 Å². The molecule has 0 spiro atoms. The molecule has 0 saturated carbocycles. The Balaban J connectivity index is 1.83. The standard InChI is InChI=1S/C19H16O7/c1-22-12-3-5-13(6-4-12)26-17-10-25-16-9-14(24-11-18(20)23-2)7-8-15(16)19(17)21/h3-10H,11H2,1-2H3. The highest BCUT2D eigenvalue weighted by atomic mass is 16.6. The summed E-state index contributed by atoms with van der Waals surface area (Å²) in [7, 11) is 2.84. The van der Waals surface area contributed by atoms with Crippen LogP contribution >= 0.6 is 0 Å². The molecule has 0 aliphatic carbocycles. The van der Waals surface area contributed by atoms with E-state index in [0.29, 0.717) is 28.2 Å². The third kappa shape index (κ3) is 3.77. The largest absolute Gasteiger partial charge is 0.497 e. The number of carbonyl (C=O) groups excluding carboxylic acids is 1. The van der Waals surface area contributed by atoms with Gasteiger partial charge in [-0.1, -0.05) is 0 Å². The summed E-state index contributed by atoms with van der Waals surface area (Å²) in [5, 5.41) is 0.335. The van der Waals surface area contributed by atoms with E-state index in [-0.39, 0.29) is 17.8 Å². The topological polar surface area (TPSA) is 84.2 Å². The first-order chi connectivity index (χ1) is 12.6. The molecule has 1 aromatic heterocycles. The Morgan fingerprint density at radius 2 is 1.69 bits per heavy atom. The highest BCUT2D eigenvalue weighted by Gasteiger charge is 2.11. The first-order valence-corrected chi connectivity index (χ1v) is 7.68. The van der Waals surface area contributed by atoms with E-state index in [1.165, 1.54) is 19.4 Å². The maximum atomic E-state index is 12.6. The molecule has 3 rings (SSSR count). The van der Waals surface area contributed by atoms with E-state index in [1.807, 2.05) is 0 Å². The Kier molecular flexibility index (Phi) is 5.07. The Labute approximate surface area is 148 Å². The summed E-state index contributed by atoms with van der Waals surface area (Å²) in [5.74, 6) is 1.11. The first kappa shape index (κ1) is 17.3. The molecule has 0 aliphatic heterocycles. The smallest absolute Gasteiger partial charge is 0.343 e. The number of rotatable bonds is 6. The third-order valence-corrected chi connectivity index (χ3v) is 3.59. The van der Waals surface area contributed by atoms with Crippen LogP contribution in [0.15, 0.2) is 57.9 Å². The van der Waals surface area contributed by atoms with E-state index >= 15 is 0 Å². The molecule has 0 N–H and O–H groups in total. The zero-order valence-corrected chi connectivity index (χ0v) is 14.2. The summed E-state index contributed by atoms with van der Waals surface area (Å²) in [4.78, 5) is 23.7. The lowest BCUT2D eigenvalue weighted by molar-refractivity contribution is -0.142. The van der Waals surface area contributed by atoms with Gasteiger partial charge in [0.05, 0.1) is 19.6 Å². The lowest BCUT2D eigenvalue weighted by Crippen LogP contribution is -2.12. The molecule has 0 fully saturated rings. The third-order valence-electron chi connectivity index (χ3n) is 3.59. The van der Waals surface area contributed by atoms with Crippen LogP contribution in [0.3, 0.4) is 0 Å². The van der Waals surface area contributed by atoms with Crippen molar-refractivity contribution < 1.29 is 28.2 Å². The minimum Gasteiger partial charge on any atom is -0.497 e. The molecule has 0 aliphatic rings. The second-order valence-electron chi connectivity index (χ2n) is 5.23. The van der Waals surface area contributed by atoms with Crippen molar-refractivity contribution in [2.24, 2.45) is 0 Å². The van der Waals surface area contributed by atoms with Crippen molar-refractivity contribution in [3.8, 4) is 23.0 Å². The van der Waals surface area contributed by atoms with E-state index in [2.05, 4.69) is 4.74 Å². The van der Waals surface area contributed by atoms with Gasteiger partial charge in [0.2, 0.25) is 11.2 Å². The molecule has 0 unspecified atom stereocenters. The summed E-state index contributed by atoms with van der Waals surface area (Å²) < 4.78 is 25.9. The summed E-state index contributed by atoms with van der Waals surface area (Å²) in [6.07, 6.45) is 1.24. The number of benzene rings is 2. The van der Waals surface area contributed by atoms with Gasteiger partial charge in [-0.15, -0.1) is 0 Å². The van der Waals surface area contributed by atoms with E-state index in [9.17, 15) is 9.59 Å². The van der Waals surface area contributed by atoms with Crippen molar-refractivity contribution in [2.75, 3.05) is 20.8 Å². The van der Waals surface area contributed by atoms with Gasteiger partial charge in [-0.05, 0) is 36.4 Å². The average Bonchev–Trinajstić information content (AvgIpc) is 2.68. The minimum absolute atomic E-state index is 0.0610. The van der Waals surface area contributed by atoms with E-state index in [4.69, 9.17) is 18.6 Å². The van der Waals surface area contributed by atoms with Crippen LogP contribution < -0.4 is 19.6 Å². The Morgan fingerprint density at radius 3 is 2.38 bits per heavy atom. The van der Waals surface area contributed by atoms with Gasteiger partial charge in [0, 0.05) is 6.07 Å². The first-order valence-electron chi connectivity index (χ1n) is 7.68. The fraction of sp³-hybridized carbons (Fsp3) is 0.158. The van der Waals surface area contributed by atoms with Crippen LogP contribution in [0.2, 0.25) is 0 Å². The molecule has 26 heavy (non-hydrogen) atoms. The molecule has 134 valence electrons. The van der Waals surface area contributed by atoms with Crippen molar-refractivity contribution in [3.05, 3.63) is 59.0 Å². The number of ether oxygens (including phenoxy) is 4. The summed E-state index contributed by atoms with van der Waals surface area (Å²) in [6.45, 7) is -0.231. The SMILES string of the molecule is COC(=O)COc1ccc2c(=O)c(Oc3ccc(OC)cc3)coc2c1.